The van der Waals surface area contributed by atoms with E-state index >= 15 is 0 Å². The van der Waals surface area contributed by atoms with Crippen LogP contribution in [0, 0.1) is 6.92 Å². The summed E-state index contributed by atoms with van der Waals surface area (Å²) in [6.07, 6.45) is 2.27. The van der Waals surface area contributed by atoms with Crippen LogP contribution in [0.25, 0.3) is 10.9 Å². The molecule has 182 valence electrons. The number of nitrogens with one attached hydrogen (secondary N) is 2. The molecule has 4 rings (SSSR count). The number of nitrogens with zero attached hydrogens (tertiary/aromatic N) is 1. The maximum Gasteiger partial charge on any atom is 0.245 e. The fraction of sp³-hybridized carbons (Fsp3) is 0.407. The van der Waals surface area contributed by atoms with Gasteiger partial charge in [0.15, 0.2) is 0 Å². The largest absolute Gasteiger partial charge is 0.358 e. The molecular formula is C27H35ClN4O2. The van der Waals surface area contributed by atoms with E-state index in [0.29, 0.717) is 25.4 Å². The molecule has 1 aromatic heterocycles. The predicted octanol–water partition coefficient (Wildman–Crippen LogP) is 4.07. The summed E-state index contributed by atoms with van der Waals surface area (Å²) in [5, 5.41) is 4.04. The Bertz CT molecular complexity index is 1130. The van der Waals surface area contributed by atoms with Crippen molar-refractivity contribution in [1.29, 1.82) is 0 Å². The molecule has 0 bridgehead atoms. The van der Waals surface area contributed by atoms with Crippen LogP contribution in [0.4, 0.5) is 0 Å². The summed E-state index contributed by atoms with van der Waals surface area (Å²) in [5.41, 5.74) is 9.40. The molecule has 7 heteroatoms. The Morgan fingerprint density at radius 1 is 1.09 bits per heavy atom. The van der Waals surface area contributed by atoms with Crippen molar-refractivity contribution in [3.63, 3.8) is 0 Å². The number of amides is 2. The van der Waals surface area contributed by atoms with Gasteiger partial charge in [0.25, 0.3) is 0 Å². The summed E-state index contributed by atoms with van der Waals surface area (Å²) < 4.78 is 0. The molecule has 4 N–H and O–H groups in total. The summed E-state index contributed by atoms with van der Waals surface area (Å²) in [5.74, 6) is 0.100. The highest BCUT2D eigenvalue weighted by Crippen LogP contribution is 2.29. The van der Waals surface area contributed by atoms with Crippen molar-refractivity contribution in [2.45, 2.75) is 57.5 Å². The average Bonchev–Trinajstić information content (AvgIpc) is 3.13. The number of aromatic amines is 1. The average molecular weight is 483 g/mol. The number of halogens is 1. The van der Waals surface area contributed by atoms with E-state index in [-0.39, 0.29) is 24.2 Å². The van der Waals surface area contributed by atoms with Crippen LogP contribution in [-0.2, 0) is 16.0 Å². The molecule has 34 heavy (non-hydrogen) atoms. The van der Waals surface area contributed by atoms with Crippen LogP contribution in [0.15, 0.2) is 54.6 Å². The first-order valence-corrected chi connectivity index (χ1v) is 11.7. The molecule has 2 heterocycles. The lowest BCUT2D eigenvalue weighted by atomic mass is 9.89. The molecule has 2 amide bonds. The lowest BCUT2D eigenvalue weighted by Gasteiger charge is -2.35. The molecule has 1 saturated heterocycles. The van der Waals surface area contributed by atoms with Gasteiger partial charge in [0, 0.05) is 36.1 Å². The number of benzene rings is 2. The molecule has 2 aromatic carbocycles. The van der Waals surface area contributed by atoms with Crippen LogP contribution in [0.5, 0.6) is 0 Å². The quantitative estimate of drug-likeness (QED) is 0.494. The molecule has 0 radical (unpaired) electrons. The van der Waals surface area contributed by atoms with E-state index in [9.17, 15) is 9.59 Å². The van der Waals surface area contributed by atoms with Crippen molar-refractivity contribution in [3.8, 4) is 0 Å². The maximum atomic E-state index is 13.6. The number of nitrogens with two attached hydrogens (primary N) is 1. The summed E-state index contributed by atoms with van der Waals surface area (Å²) in [6, 6.07) is 17.9. The fourth-order valence-corrected chi connectivity index (χ4v) is 4.73. The molecule has 0 spiro atoms. The second-order valence-corrected chi connectivity index (χ2v) is 9.74. The second-order valence-electron chi connectivity index (χ2n) is 9.74. The van der Waals surface area contributed by atoms with Crippen molar-refractivity contribution >= 4 is 35.1 Å². The Morgan fingerprint density at radius 3 is 2.35 bits per heavy atom. The monoisotopic (exact) mass is 482 g/mol. The van der Waals surface area contributed by atoms with Gasteiger partial charge in [-0.2, -0.15) is 0 Å². The number of piperidine rings is 1. The van der Waals surface area contributed by atoms with Crippen molar-refractivity contribution in [3.05, 3.63) is 71.4 Å². The first-order valence-electron chi connectivity index (χ1n) is 11.7. The number of H-pyrrole nitrogens is 1. The highest BCUT2D eigenvalue weighted by molar-refractivity contribution is 5.92. The molecule has 1 aliphatic heterocycles. The molecule has 1 fully saturated rings. The van der Waals surface area contributed by atoms with E-state index in [1.807, 2.05) is 36.1 Å². The minimum absolute atomic E-state index is 0. The first kappa shape index (κ1) is 25.8. The van der Waals surface area contributed by atoms with E-state index < -0.39 is 11.6 Å². The minimum atomic E-state index is -1.06. The minimum Gasteiger partial charge on any atom is -0.358 e. The summed E-state index contributed by atoms with van der Waals surface area (Å²) >= 11 is 0. The normalized spacial score (nSPS) is 15.6. The van der Waals surface area contributed by atoms with Gasteiger partial charge in [-0.1, -0.05) is 48.5 Å². The van der Waals surface area contributed by atoms with E-state index in [1.54, 1.807) is 13.8 Å². The number of aromatic nitrogens is 1. The van der Waals surface area contributed by atoms with Gasteiger partial charge in [0.1, 0.15) is 6.04 Å². The number of carbonyl (C=O) groups is 2. The van der Waals surface area contributed by atoms with Crippen LogP contribution in [-0.4, -0.2) is 46.4 Å². The van der Waals surface area contributed by atoms with Gasteiger partial charge >= 0.3 is 0 Å². The molecule has 6 nitrogen and oxygen atoms in total. The third-order valence-electron chi connectivity index (χ3n) is 6.70. The number of aryl methyl sites for hydroxylation is 1. The lowest BCUT2D eigenvalue weighted by Crippen LogP contribution is -2.57. The summed E-state index contributed by atoms with van der Waals surface area (Å²) in [7, 11) is 0. The number of carbonyl (C=O) groups excluding carboxylic acids is 2. The topological polar surface area (TPSA) is 91.2 Å². The molecule has 0 aliphatic carbocycles. The van der Waals surface area contributed by atoms with E-state index in [1.165, 1.54) is 5.56 Å². The molecule has 3 aromatic rings. The summed E-state index contributed by atoms with van der Waals surface area (Å²) in [4.78, 5) is 31.7. The van der Waals surface area contributed by atoms with Gasteiger partial charge in [-0.05, 0) is 56.7 Å². The smallest absolute Gasteiger partial charge is 0.245 e. The van der Waals surface area contributed by atoms with Crippen LogP contribution < -0.4 is 11.1 Å². The zero-order valence-corrected chi connectivity index (χ0v) is 21.0. The fourth-order valence-electron chi connectivity index (χ4n) is 4.73. The van der Waals surface area contributed by atoms with E-state index in [4.69, 9.17) is 5.73 Å². The molecule has 0 saturated carbocycles. The highest BCUT2D eigenvalue weighted by Gasteiger charge is 2.33. The molecule has 1 aliphatic rings. The van der Waals surface area contributed by atoms with Gasteiger partial charge in [-0.15, -0.1) is 12.4 Å². The zero-order valence-electron chi connectivity index (χ0n) is 20.1. The Hall–Kier alpha value is -2.83. The predicted molar refractivity (Wildman–Crippen MR) is 139 cm³/mol. The second kappa shape index (κ2) is 10.6. The Morgan fingerprint density at radius 2 is 1.71 bits per heavy atom. The van der Waals surface area contributed by atoms with Crippen molar-refractivity contribution in [2.24, 2.45) is 5.73 Å². The van der Waals surface area contributed by atoms with E-state index in [2.05, 4.69) is 40.6 Å². The lowest BCUT2D eigenvalue weighted by molar-refractivity contribution is -0.138. The Kier molecular flexibility index (Phi) is 8.05. The van der Waals surface area contributed by atoms with Gasteiger partial charge in [-0.25, -0.2) is 0 Å². The Balaban J connectivity index is 0.00000324. The number of rotatable bonds is 6. The van der Waals surface area contributed by atoms with Gasteiger partial charge in [0.05, 0.1) is 5.54 Å². The van der Waals surface area contributed by atoms with Gasteiger partial charge in [0.2, 0.25) is 11.8 Å². The maximum absolute atomic E-state index is 13.6. The zero-order chi connectivity index (χ0) is 23.6. The molecular weight excluding hydrogens is 448 g/mol. The van der Waals surface area contributed by atoms with E-state index in [0.717, 1.165) is 35.0 Å². The Labute approximate surface area is 207 Å². The van der Waals surface area contributed by atoms with Crippen LogP contribution >= 0.6 is 12.4 Å². The van der Waals surface area contributed by atoms with Crippen LogP contribution in [0.1, 0.15) is 49.4 Å². The van der Waals surface area contributed by atoms with Crippen molar-refractivity contribution in [2.75, 3.05) is 13.1 Å². The molecule has 1 unspecified atom stereocenters. The number of hydrogen-bond donors (Lipinski definition) is 3. The summed E-state index contributed by atoms with van der Waals surface area (Å²) in [6.45, 7) is 6.70. The third-order valence-corrected chi connectivity index (χ3v) is 6.70. The van der Waals surface area contributed by atoms with Crippen molar-refractivity contribution in [1.82, 2.24) is 15.2 Å². The van der Waals surface area contributed by atoms with Gasteiger partial charge in [-0.3, -0.25) is 9.59 Å². The number of para-hydroxylation sites is 1. The standard InChI is InChI=1S/C27H34N4O2.ClH/c1-18-22(21-11-7-8-12-23(21)29-18)17-24(30-26(33)27(2,3)28)25(32)31-15-13-20(14-16-31)19-9-5-4-6-10-19;/h4-12,20,24,29H,13-17,28H2,1-3H3,(H,30,33);1H. The van der Waals surface area contributed by atoms with Crippen LogP contribution in [0.2, 0.25) is 0 Å². The number of fused-ring (bicyclic) bond motifs is 1. The molecule has 1 atom stereocenters. The highest BCUT2D eigenvalue weighted by atomic mass is 35.5. The SMILES string of the molecule is Cc1[nH]c2ccccc2c1CC(NC(=O)C(C)(C)N)C(=O)N1CCC(c2ccccc2)CC1.Cl. The third kappa shape index (κ3) is 5.62. The number of hydrogen-bond acceptors (Lipinski definition) is 3. The van der Waals surface area contributed by atoms with Crippen molar-refractivity contribution < 1.29 is 9.59 Å². The first-order chi connectivity index (χ1) is 15.7. The van der Waals surface area contributed by atoms with Gasteiger partial charge < -0.3 is 20.9 Å². The van der Waals surface area contributed by atoms with Crippen LogP contribution in [0.3, 0.4) is 0 Å². The number of likely N-dealkylation sites (tertiary alicyclic amines) is 1.